The van der Waals surface area contributed by atoms with E-state index in [-0.39, 0.29) is 22.6 Å². The van der Waals surface area contributed by atoms with Crippen LogP contribution in [-0.4, -0.2) is 21.9 Å². The first-order valence-electron chi connectivity index (χ1n) is 6.37. The first-order valence-corrected chi connectivity index (χ1v) is 7.73. The molecule has 0 fully saturated rings. The molecule has 0 unspecified atom stereocenters. The van der Waals surface area contributed by atoms with Gasteiger partial charge in [-0.1, -0.05) is 23.4 Å². The third kappa shape index (κ3) is 3.91. The standard InChI is InChI=1S/C14H9ClFN3O3S/c15-8-3-4-9(16)10(6-8)17-12(20)7-23-14-19-18-13(22-14)11-2-1-5-21-11/h1-6H,7H2,(H,17,20). The molecule has 1 N–H and O–H groups in total. The summed E-state index contributed by atoms with van der Waals surface area (Å²) in [4.78, 5) is 11.8. The molecule has 2 aromatic heterocycles. The van der Waals surface area contributed by atoms with Gasteiger partial charge in [0.25, 0.3) is 11.1 Å². The molecule has 0 atom stereocenters. The first kappa shape index (κ1) is 15.6. The van der Waals surface area contributed by atoms with Gasteiger partial charge >= 0.3 is 0 Å². The number of aromatic nitrogens is 2. The zero-order chi connectivity index (χ0) is 16.2. The number of amides is 1. The van der Waals surface area contributed by atoms with Crippen molar-refractivity contribution in [1.29, 1.82) is 0 Å². The van der Waals surface area contributed by atoms with Crippen molar-refractivity contribution in [3.8, 4) is 11.7 Å². The van der Waals surface area contributed by atoms with Gasteiger partial charge in [-0.2, -0.15) is 0 Å². The zero-order valence-electron chi connectivity index (χ0n) is 11.5. The van der Waals surface area contributed by atoms with Crippen molar-refractivity contribution in [2.24, 2.45) is 0 Å². The van der Waals surface area contributed by atoms with Gasteiger partial charge in [0.05, 0.1) is 17.7 Å². The lowest BCUT2D eigenvalue weighted by Gasteiger charge is -2.05. The molecular formula is C14H9ClFN3O3S. The lowest BCUT2D eigenvalue weighted by Crippen LogP contribution is -2.15. The Hall–Kier alpha value is -2.32. The Labute approximate surface area is 139 Å². The molecule has 1 amide bonds. The summed E-state index contributed by atoms with van der Waals surface area (Å²) in [6.07, 6.45) is 1.49. The van der Waals surface area contributed by atoms with Gasteiger partial charge in [0.15, 0.2) is 5.76 Å². The number of furan rings is 1. The largest absolute Gasteiger partial charge is 0.459 e. The van der Waals surface area contributed by atoms with E-state index in [4.69, 9.17) is 20.4 Å². The minimum absolute atomic E-state index is 0.0184. The fourth-order valence-corrected chi connectivity index (χ4v) is 2.41. The van der Waals surface area contributed by atoms with Gasteiger partial charge in [-0.3, -0.25) is 4.79 Å². The molecule has 3 aromatic rings. The summed E-state index contributed by atoms with van der Waals surface area (Å²) in [5, 5.41) is 10.6. The van der Waals surface area contributed by atoms with Crippen LogP contribution in [0.1, 0.15) is 0 Å². The van der Waals surface area contributed by atoms with E-state index in [9.17, 15) is 9.18 Å². The summed E-state index contributed by atoms with van der Waals surface area (Å²) in [7, 11) is 0. The van der Waals surface area contributed by atoms with Crippen molar-refractivity contribution in [2.75, 3.05) is 11.1 Å². The van der Waals surface area contributed by atoms with E-state index in [0.29, 0.717) is 10.8 Å². The second kappa shape index (κ2) is 6.84. The van der Waals surface area contributed by atoms with Crippen LogP contribution in [-0.2, 0) is 4.79 Å². The molecule has 1 aromatic carbocycles. The molecule has 118 valence electrons. The molecule has 2 heterocycles. The molecular weight excluding hydrogens is 345 g/mol. The van der Waals surface area contributed by atoms with Crippen molar-refractivity contribution in [3.05, 3.63) is 47.4 Å². The number of carbonyl (C=O) groups excluding carboxylic acids is 1. The minimum Gasteiger partial charge on any atom is -0.459 e. The number of carbonyl (C=O) groups is 1. The lowest BCUT2D eigenvalue weighted by molar-refractivity contribution is -0.113. The molecule has 0 saturated heterocycles. The number of anilines is 1. The van der Waals surface area contributed by atoms with Gasteiger partial charge in [-0.05, 0) is 30.3 Å². The van der Waals surface area contributed by atoms with E-state index in [1.807, 2.05) is 0 Å². The van der Waals surface area contributed by atoms with Crippen molar-refractivity contribution in [1.82, 2.24) is 10.2 Å². The van der Waals surface area contributed by atoms with Crippen molar-refractivity contribution >= 4 is 35.0 Å². The van der Waals surface area contributed by atoms with Crippen LogP contribution in [0.3, 0.4) is 0 Å². The number of nitrogens with zero attached hydrogens (tertiary/aromatic N) is 2. The lowest BCUT2D eigenvalue weighted by atomic mass is 10.3. The maximum Gasteiger partial charge on any atom is 0.284 e. The van der Waals surface area contributed by atoms with Crippen LogP contribution in [0.4, 0.5) is 10.1 Å². The van der Waals surface area contributed by atoms with E-state index >= 15 is 0 Å². The van der Waals surface area contributed by atoms with Crippen molar-refractivity contribution in [3.63, 3.8) is 0 Å². The molecule has 0 radical (unpaired) electrons. The molecule has 0 bridgehead atoms. The Morgan fingerprint density at radius 2 is 2.22 bits per heavy atom. The van der Waals surface area contributed by atoms with Gasteiger partial charge in [0.1, 0.15) is 5.82 Å². The molecule has 0 aliphatic heterocycles. The fourth-order valence-electron chi connectivity index (χ4n) is 1.67. The summed E-state index contributed by atoms with van der Waals surface area (Å²) in [5.41, 5.74) is 0.0184. The summed E-state index contributed by atoms with van der Waals surface area (Å²) in [6.45, 7) is 0. The van der Waals surface area contributed by atoms with E-state index in [1.165, 1.54) is 24.5 Å². The topological polar surface area (TPSA) is 81.2 Å². The van der Waals surface area contributed by atoms with Gasteiger partial charge < -0.3 is 14.2 Å². The van der Waals surface area contributed by atoms with Gasteiger partial charge in [-0.25, -0.2) is 4.39 Å². The van der Waals surface area contributed by atoms with Crippen LogP contribution in [0.5, 0.6) is 0 Å². The number of benzene rings is 1. The number of hydrogen-bond donors (Lipinski definition) is 1. The summed E-state index contributed by atoms with van der Waals surface area (Å²) in [5.74, 6) is -0.348. The quantitative estimate of drug-likeness (QED) is 0.701. The highest BCUT2D eigenvalue weighted by molar-refractivity contribution is 7.99. The normalized spacial score (nSPS) is 10.7. The SMILES string of the molecule is O=C(CSc1nnc(-c2ccco2)o1)Nc1cc(Cl)ccc1F. The predicted octanol–water partition coefficient (Wildman–Crippen LogP) is 3.85. The van der Waals surface area contributed by atoms with Crippen molar-refractivity contribution < 1.29 is 18.0 Å². The predicted molar refractivity (Wildman–Crippen MR) is 82.8 cm³/mol. The average Bonchev–Trinajstić information content (AvgIpc) is 3.19. The Balaban J connectivity index is 1.58. The second-order valence-electron chi connectivity index (χ2n) is 4.31. The second-order valence-corrected chi connectivity index (χ2v) is 5.67. The molecule has 0 saturated carbocycles. The summed E-state index contributed by atoms with van der Waals surface area (Å²) < 4.78 is 24.0. The number of hydrogen-bond acceptors (Lipinski definition) is 6. The Morgan fingerprint density at radius 3 is 3.00 bits per heavy atom. The minimum atomic E-state index is -0.564. The van der Waals surface area contributed by atoms with Gasteiger partial charge in [-0.15, -0.1) is 10.2 Å². The van der Waals surface area contributed by atoms with Gasteiger partial charge in [0.2, 0.25) is 5.91 Å². The number of thioether (sulfide) groups is 1. The number of halogens is 2. The zero-order valence-corrected chi connectivity index (χ0v) is 13.0. The average molecular weight is 354 g/mol. The number of nitrogens with one attached hydrogen (secondary N) is 1. The first-order chi connectivity index (χ1) is 11.1. The van der Waals surface area contributed by atoms with Crippen LogP contribution < -0.4 is 5.32 Å². The fraction of sp³-hybridized carbons (Fsp3) is 0.0714. The molecule has 6 nitrogen and oxygen atoms in total. The van der Waals surface area contributed by atoms with Crippen molar-refractivity contribution in [2.45, 2.75) is 5.22 Å². The van der Waals surface area contributed by atoms with E-state index in [1.54, 1.807) is 12.1 Å². The highest BCUT2D eigenvalue weighted by Gasteiger charge is 2.14. The molecule has 3 rings (SSSR count). The Morgan fingerprint density at radius 1 is 1.35 bits per heavy atom. The summed E-state index contributed by atoms with van der Waals surface area (Å²) >= 11 is 6.79. The van der Waals surface area contributed by atoms with Crippen LogP contribution in [0.25, 0.3) is 11.7 Å². The Kier molecular flexibility index (Phi) is 4.63. The van der Waals surface area contributed by atoms with Crippen LogP contribution in [0.2, 0.25) is 5.02 Å². The molecule has 0 aliphatic carbocycles. The van der Waals surface area contributed by atoms with Crippen LogP contribution in [0.15, 0.2) is 50.7 Å². The maximum atomic E-state index is 13.5. The van der Waals surface area contributed by atoms with Crippen LogP contribution in [0, 0.1) is 5.82 Å². The summed E-state index contributed by atoms with van der Waals surface area (Å²) in [6, 6.07) is 7.28. The molecule has 23 heavy (non-hydrogen) atoms. The van der Waals surface area contributed by atoms with E-state index in [0.717, 1.165) is 11.8 Å². The number of rotatable bonds is 5. The van der Waals surface area contributed by atoms with Gasteiger partial charge in [0, 0.05) is 5.02 Å². The third-order valence-electron chi connectivity index (χ3n) is 2.67. The van der Waals surface area contributed by atoms with Crippen LogP contribution >= 0.6 is 23.4 Å². The molecule has 0 aliphatic rings. The van der Waals surface area contributed by atoms with E-state index in [2.05, 4.69) is 15.5 Å². The highest BCUT2D eigenvalue weighted by Crippen LogP contribution is 2.24. The highest BCUT2D eigenvalue weighted by atomic mass is 35.5. The van der Waals surface area contributed by atoms with E-state index < -0.39 is 11.7 Å². The smallest absolute Gasteiger partial charge is 0.284 e. The third-order valence-corrected chi connectivity index (χ3v) is 3.72. The molecule has 9 heteroatoms. The molecule has 0 spiro atoms. The maximum absolute atomic E-state index is 13.5. The Bertz CT molecular complexity index is 823. The monoisotopic (exact) mass is 353 g/mol.